The molecular weight excluding hydrogens is 188 g/mol. The van der Waals surface area contributed by atoms with Crippen LogP contribution in [-0.2, 0) is 23.8 Å². The summed E-state index contributed by atoms with van der Waals surface area (Å²) in [5, 5.41) is 0. The molecule has 0 aromatic carbocycles. The van der Waals surface area contributed by atoms with Crippen molar-refractivity contribution in [3.05, 3.63) is 11.8 Å². The van der Waals surface area contributed by atoms with E-state index in [1.807, 2.05) is 0 Å². The van der Waals surface area contributed by atoms with Gasteiger partial charge in [0.1, 0.15) is 18.4 Å². The van der Waals surface area contributed by atoms with Crippen molar-refractivity contribution in [2.45, 2.75) is 6.92 Å². The predicted molar refractivity (Wildman–Crippen MR) is 48.6 cm³/mol. The number of ketones is 1. The van der Waals surface area contributed by atoms with Gasteiger partial charge in [0.2, 0.25) is 0 Å². The highest BCUT2D eigenvalue weighted by Gasteiger charge is 2.19. The summed E-state index contributed by atoms with van der Waals surface area (Å²) < 4.78 is 13.9. The fraction of sp³-hybridized carbons (Fsp3) is 0.556. The zero-order valence-electron chi connectivity index (χ0n) is 8.53. The fourth-order valence-corrected chi connectivity index (χ4v) is 0.713. The fourth-order valence-electron chi connectivity index (χ4n) is 0.713. The van der Waals surface area contributed by atoms with Crippen LogP contribution in [0.5, 0.6) is 0 Å². The molecule has 0 saturated carbocycles. The first kappa shape index (κ1) is 12.6. The van der Waals surface area contributed by atoms with E-state index in [0.717, 1.165) is 6.26 Å². The summed E-state index contributed by atoms with van der Waals surface area (Å²) in [7, 11) is 2.57. The molecule has 0 aliphatic heterocycles. The van der Waals surface area contributed by atoms with E-state index in [9.17, 15) is 9.59 Å². The minimum absolute atomic E-state index is 0.142. The molecule has 0 fully saturated rings. The minimum Gasteiger partial charge on any atom is -0.500 e. The Morgan fingerprint density at radius 1 is 1.29 bits per heavy atom. The third-order valence-corrected chi connectivity index (χ3v) is 1.35. The first-order chi connectivity index (χ1) is 6.67. The smallest absolute Gasteiger partial charge is 0.344 e. The van der Waals surface area contributed by atoms with Crippen molar-refractivity contribution < 1.29 is 23.8 Å². The molecule has 0 unspecified atom stereocenters. The van der Waals surface area contributed by atoms with Gasteiger partial charge >= 0.3 is 5.97 Å². The molecule has 0 rings (SSSR count). The summed E-state index contributed by atoms with van der Waals surface area (Å²) in [6.45, 7) is 1.95. The number of ether oxygens (including phenoxy) is 3. The quantitative estimate of drug-likeness (QED) is 0.204. The number of methoxy groups -OCH3 is 2. The van der Waals surface area contributed by atoms with Crippen molar-refractivity contribution in [3.63, 3.8) is 0 Å². The molecule has 80 valence electrons. The summed E-state index contributed by atoms with van der Waals surface area (Å²) in [5.41, 5.74) is -0.142. The van der Waals surface area contributed by atoms with Gasteiger partial charge in [0.25, 0.3) is 0 Å². The monoisotopic (exact) mass is 202 g/mol. The van der Waals surface area contributed by atoms with Crippen molar-refractivity contribution in [3.8, 4) is 0 Å². The maximum absolute atomic E-state index is 11.3. The molecular formula is C9H14O5. The summed E-state index contributed by atoms with van der Waals surface area (Å²) in [6.07, 6.45) is 1.09. The highest BCUT2D eigenvalue weighted by atomic mass is 16.5. The van der Waals surface area contributed by atoms with Crippen LogP contribution in [0, 0.1) is 0 Å². The first-order valence-corrected chi connectivity index (χ1v) is 4.09. The van der Waals surface area contributed by atoms with Gasteiger partial charge in [0.15, 0.2) is 5.78 Å². The van der Waals surface area contributed by atoms with Crippen LogP contribution in [0.1, 0.15) is 6.92 Å². The van der Waals surface area contributed by atoms with Gasteiger partial charge in [0.05, 0.1) is 13.7 Å². The molecule has 0 aliphatic rings. The molecule has 14 heavy (non-hydrogen) atoms. The van der Waals surface area contributed by atoms with Gasteiger partial charge in [-0.2, -0.15) is 0 Å². The molecule has 0 heterocycles. The second-order valence-electron chi connectivity index (χ2n) is 2.33. The lowest BCUT2D eigenvalue weighted by atomic mass is 10.2. The SMILES string of the molecule is CCO/C=C(/C(=O)COC)C(=O)OC. The van der Waals surface area contributed by atoms with E-state index in [4.69, 9.17) is 4.74 Å². The number of carbonyl (C=O) groups excluding carboxylic acids is 2. The molecule has 0 aliphatic carbocycles. The molecule has 0 radical (unpaired) electrons. The van der Waals surface area contributed by atoms with Gasteiger partial charge in [0, 0.05) is 7.11 Å². The van der Waals surface area contributed by atoms with E-state index in [1.54, 1.807) is 6.92 Å². The number of hydrogen-bond donors (Lipinski definition) is 0. The maximum atomic E-state index is 11.3. The average Bonchev–Trinajstić information content (AvgIpc) is 2.18. The average molecular weight is 202 g/mol. The molecule has 0 aromatic rings. The van der Waals surface area contributed by atoms with E-state index < -0.39 is 11.8 Å². The topological polar surface area (TPSA) is 61.8 Å². The standard InChI is InChI=1S/C9H14O5/c1-4-14-5-7(9(11)13-3)8(10)6-12-2/h5H,4,6H2,1-3H3/b7-5-. The van der Waals surface area contributed by atoms with Gasteiger partial charge in [-0.3, -0.25) is 4.79 Å². The molecule has 5 nitrogen and oxygen atoms in total. The lowest BCUT2D eigenvalue weighted by molar-refractivity contribution is -0.138. The van der Waals surface area contributed by atoms with Crippen LogP contribution < -0.4 is 0 Å². The zero-order chi connectivity index (χ0) is 11.0. The van der Waals surface area contributed by atoms with E-state index in [2.05, 4.69) is 9.47 Å². The van der Waals surface area contributed by atoms with Crippen LogP contribution in [0.2, 0.25) is 0 Å². The molecule has 0 N–H and O–H groups in total. The van der Waals surface area contributed by atoms with E-state index in [-0.39, 0.29) is 12.2 Å². The summed E-state index contributed by atoms with van der Waals surface area (Å²) >= 11 is 0. The Bertz CT molecular complexity index is 231. The molecule has 5 heteroatoms. The van der Waals surface area contributed by atoms with Crippen LogP contribution in [0.3, 0.4) is 0 Å². The van der Waals surface area contributed by atoms with Crippen molar-refractivity contribution in [1.82, 2.24) is 0 Å². The summed E-state index contributed by atoms with van der Waals surface area (Å²) in [6, 6.07) is 0. The Hall–Kier alpha value is -1.36. The van der Waals surface area contributed by atoms with Crippen molar-refractivity contribution in [2.24, 2.45) is 0 Å². The van der Waals surface area contributed by atoms with Crippen LogP contribution in [0.4, 0.5) is 0 Å². The van der Waals surface area contributed by atoms with E-state index >= 15 is 0 Å². The van der Waals surface area contributed by atoms with Gasteiger partial charge in [-0.1, -0.05) is 0 Å². The van der Waals surface area contributed by atoms with E-state index in [0.29, 0.717) is 6.61 Å². The Balaban J connectivity index is 4.54. The van der Waals surface area contributed by atoms with Gasteiger partial charge in [-0.05, 0) is 6.92 Å². The third-order valence-electron chi connectivity index (χ3n) is 1.35. The second kappa shape index (κ2) is 7.08. The van der Waals surface area contributed by atoms with Gasteiger partial charge in [-0.25, -0.2) is 4.79 Å². The van der Waals surface area contributed by atoms with Gasteiger partial charge < -0.3 is 14.2 Å². The number of rotatable bonds is 6. The number of hydrogen-bond acceptors (Lipinski definition) is 5. The Morgan fingerprint density at radius 2 is 1.93 bits per heavy atom. The third kappa shape index (κ3) is 4.04. The largest absolute Gasteiger partial charge is 0.500 e. The Labute approximate surface area is 82.6 Å². The maximum Gasteiger partial charge on any atom is 0.344 e. The van der Waals surface area contributed by atoms with Gasteiger partial charge in [-0.15, -0.1) is 0 Å². The Kier molecular flexibility index (Phi) is 6.39. The lowest BCUT2D eigenvalue weighted by Gasteiger charge is -2.03. The molecule has 0 bridgehead atoms. The zero-order valence-corrected chi connectivity index (χ0v) is 8.53. The van der Waals surface area contributed by atoms with Crippen LogP contribution in [0.15, 0.2) is 11.8 Å². The molecule has 0 spiro atoms. The van der Waals surface area contributed by atoms with Crippen LogP contribution >= 0.6 is 0 Å². The number of esters is 1. The molecule has 0 saturated heterocycles. The summed E-state index contributed by atoms with van der Waals surface area (Å²) in [4.78, 5) is 22.4. The summed E-state index contributed by atoms with van der Waals surface area (Å²) in [5.74, 6) is -1.19. The highest BCUT2D eigenvalue weighted by molar-refractivity contribution is 6.17. The highest BCUT2D eigenvalue weighted by Crippen LogP contribution is 2.00. The van der Waals surface area contributed by atoms with E-state index in [1.165, 1.54) is 14.2 Å². The molecule has 0 atom stereocenters. The lowest BCUT2D eigenvalue weighted by Crippen LogP contribution is -2.18. The number of carbonyl (C=O) groups is 2. The molecule has 0 amide bonds. The van der Waals surface area contributed by atoms with Crippen molar-refractivity contribution in [1.29, 1.82) is 0 Å². The minimum atomic E-state index is -0.722. The molecule has 0 aromatic heterocycles. The number of Topliss-reactive ketones (excluding diaryl/α,β-unsaturated/α-hetero) is 1. The van der Waals surface area contributed by atoms with Crippen molar-refractivity contribution >= 4 is 11.8 Å². The van der Waals surface area contributed by atoms with Crippen molar-refractivity contribution in [2.75, 3.05) is 27.4 Å². The van der Waals surface area contributed by atoms with Crippen LogP contribution in [-0.4, -0.2) is 39.2 Å². The first-order valence-electron chi connectivity index (χ1n) is 4.09. The Morgan fingerprint density at radius 3 is 2.36 bits per heavy atom. The predicted octanol–water partition coefficient (Wildman–Crippen LogP) is 0.295. The normalized spacial score (nSPS) is 10.9. The van der Waals surface area contributed by atoms with Crippen LogP contribution in [0.25, 0.3) is 0 Å². The second-order valence-corrected chi connectivity index (χ2v) is 2.33.